The van der Waals surface area contributed by atoms with E-state index in [0.717, 1.165) is 5.69 Å². The minimum absolute atomic E-state index is 0.195. The molecular formula is C25H22ClN3O3. The van der Waals surface area contributed by atoms with Crippen molar-refractivity contribution < 1.29 is 14.3 Å². The highest BCUT2D eigenvalue weighted by Gasteiger charge is 2.40. The first-order valence-electron chi connectivity index (χ1n) is 9.96. The van der Waals surface area contributed by atoms with Crippen molar-refractivity contribution in [1.29, 1.82) is 0 Å². The molecule has 0 aliphatic carbocycles. The van der Waals surface area contributed by atoms with E-state index in [9.17, 15) is 9.59 Å². The van der Waals surface area contributed by atoms with Crippen LogP contribution in [-0.2, 0) is 9.59 Å². The molecule has 0 radical (unpaired) electrons. The van der Waals surface area contributed by atoms with E-state index in [2.05, 4.69) is 5.32 Å². The first kappa shape index (κ1) is 21.5. The van der Waals surface area contributed by atoms with Crippen LogP contribution in [0.2, 0.25) is 5.02 Å². The third-order valence-corrected chi connectivity index (χ3v) is 5.41. The summed E-state index contributed by atoms with van der Waals surface area (Å²) in [5.74, 6) is -0.201. The van der Waals surface area contributed by atoms with E-state index in [4.69, 9.17) is 16.3 Å². The zero-order chi connectivity index (χ0) is 22.8. The summed E-state index contributed by atoms with van der Waals surface area (Å²) in [6, 6.07) is 21.3. The predicted octanol–water partition coefficient (Wildman–Crippen LogP) is 4.81. The molecule has 1 aliphatic rings. The van der Waals surface area contributed by atoms with Crippen molar-refractivity contribution in [2.45, 2.75) is 0 Å². The van der Waals surface area contributed by atoms with E-state index >= 15 is 0 Å². The number of imide groups is 1. The number of nitrogens with one attached hydrogen (secondary N) is 1. The Morgan fingerprint density at radius 3 is 2.31 bits per heavy atom. The fourth-order valence-electron chi connectivity index (χ4n) is 3.52. The molecule has 1 heterocycles. The Labute approximate surface area is 191 Å². The number of benzene rings is 3. The molecule has 0 atom stereocenters. The Morgan fingerprint density at radius 2 is 1.62 bits per heavy atom. The Balaban J connectivity index is 1.81. The monoisotopic (exact) mass is 447 g/mol. The number of amides is 2. The molecule has 2 amide bonds. The van der Waals surface area contributed by atoms with Gasteiger partial charge in [-0.1, -0.05) is 35.9 Å². The van der Waals surface area contributed by atoms with Crippen molar-refractivity contribution in [1.82, 2.24) is 0 Å². The predicted molar refractivity (Wildman–Crippen MR) is 128 cm³/mol. The van der Waals surface area contributed by atoms with Gasteiger partial charge in [0.15, 0.2) is 0 Å². The molecule has 1 aliphatic heterocycles. The van der Waals surface area contributed by atoms with Crippen LogP contribution in [0.3, 0.4) is 0 Å². The van der Waals surface area contributed by atoms with Crippen LogP contribution in [0, 0.1) is 0 Å². The summed E-state index contributed by atoms with van der Waals surface area (Å²) < 4.78 is 5.28. The molecule has 0 fully saturated rings. The lowest BCUT2D eigenvalue weighted by Crippen LogP contribution is -2.32. The van der Waals surface area contributed by atoms with Crippen LogP contribution in [0.15, 0.2) is 78.5 Å². The Bertz CT molecular complexity index is 1220. The van der Waals surface area contributed by atoms with Gasteiger partial charge in [-0.05, 0) is 48.0 Å². The molecule has 6 nitrogen and oxygen atoms in total. The standard InChI is InChI=1S/C25H22ClN3O3/c1-28(2)19-7-5-8-20(15-19)29-24(30)22(16-10-12-17(26)13-11-16)23(25(29)31)27-18-6-4-9-21(14-18)32-3/h4-15,27H,1-3H3. The second-order valence-electron chi connectivity index (χ2n) is 7.47. The molecule has 32 heavy (non-hydrogen) atoms. The Hall–Kier alpha value is -3.77. The number of nitrogens with zero attached hydrogens (tertiary/aromatic N) is 2. The molecule has 0 spiro atoms. The van der Waals surface area contributed by atoms with E-state index < -0.39 is 11.8 Å². The number of rotatable bonds is 6. The van der Waals surface area contributed by atoms with Gasteiger partial charge in [0.25, 0.3) is 11.8 Å². The zero-order valence-electron chi connectivity index (χ0n) is 17.9. The molecule has 0 unspecified atom stereocenters. The van der Waals surface area contributed by atoms with Gasteiger partial charge in [-0.3, -0.25) is 9.59 Å². The maximum absolute atomic E-state index is 13.5. The SMILES string of the molecule is COc1cccc(NC2=C(c3ccc(Cl)cc3)C(=O)N(c3cccc(N(C)C)c3)C2=O)c1. The molecular weight excluding hydrogens is 426 g/mol. The van der Waals surface area contributed by atoms with Gasteiger partial charge in [-0.25, -0.2) is 4.90 Å². The van der Waals surface area contributed by atoms with Crippen LogP contribution < -0.4 is 19.9 Å². The van der Waals surface area contributed by atoms with Crippen LogP contribution in [0.25, 0.3) is 5.57 Å². The van der Waals surface area contributed by atoms with Crippen LogP contribution >= 0.6 is 11.6 Å². The summed E-state index contributed by atoms with van der Waals surface area (Å²) in [7, 11) is 5.38. The third-order valence-electron chi connectivity index (χ3n) is 5.16. The zero-order valence-corrected chi connectivity index (χ0v) is 18.7. The minimum atomic E-state index is -0.432. The molecule has 7 heteroatoms. The second kappa shape index (κ2) is 8.77. The van der Waals surface area contributed by atoms with E-state index in [1.54, 1.807) is 49.6 Å². The van der Waals surface area contributed by atoms with Gasteiger partial charge in [0, 0.05) is 36.6 Å². The lowest BCUT2D eigenvalue weighted by molar-refractivity contribution is -0.120. The van der Waals surface area contributed by atoms with Crippen molar-refractivity contribution in [3.63, 3.8) is 0 Å². The molecule has 1 N–H and O–H groups in total. The first-order chi connectivity index (χ1) is 15.4. The number of methoxy groups -OCH3 is 1. The number of anilines is 3. The van der Waals surface area contributed by atoms with E-state index in [1.807, 2.05) is 49.3 Å². The van der Waals surface area contributed by atoms with E-state index in [0.29, 0.717) is 27.7 Å². The maximum Gasteiger partial charge on any atom is 0.282 e. The lowest BCUT2D eigenvalue weighted by Gasteiger charge is -2.19. The van der Waals surface area contributed by atoms with E-state index in [1.165, 1.54) is 4.90 Å². The molecule has 3 aromatic rings. The Kier molecular flexibility index (Phi) is 5.88. The highest BCUT2D eigenvalue weighted by atomic mass is 35.5. The summed E-state index contributed by atoms with van der Waals surface area (Å²) >= 11 is 6.04. The second-order valence-corrected chi connectivity index (χ2v) is 7.91. The van der Waals surface area contributed by atoms with Crippen molar-refractivity contribution in [2.75, 3.05) is 36.3 Å². The maximum atomic E-state index is 13.5. The summed E-state index contributed by atoms with van der Waals surface area (Å²) in [5, 5.41) is 3.69. The average molecular weight is 448 g/mol. The molecule has 0 bridgehead atoms. The topological polar surface area (TPSA) is 61.9 Å². The largest absolute Gasteiger partial charge is 0.497 e. The van der Waals surface area contributed by atoms with E-state index in [-0.39, 0.29) is 11.3 Å². The smallest absolute Gasteiger partial charge is 0.282 e. The molecule has 0 saturated carbocycles. The third kappa shape index (κ3) is 4.05. The van der Waals surface area contributed by atoms with Gasteiger partial charge in [-0.2, -0.15) is 0 Å². The van der Waals surface area contributed by atoms with Crippen LogP contribution in [0.1, 0.15) is 5.56 Å². The van der Waals surface area contributed by atoms with Crippen LogP contribution in [-0.4, -0.2) is 33.0 Å². The molecule has 162 valence electrons. The quantitative estimate of drug-likeness (QED) is 0.549. The number of carbonyl (C=O) groups is 2. The molecule has 3 aromatic carbocycles. The van der Waals surface area contributed by atoms with Crippen LogP contribution in [0.5, 0.6) is 5.75 Å². The van der Waals surface area contributed by atoms with Gasteiger partial charge in [0.2, 0.25) is 0 Å². The van der Waals surface area contributed by atoms with Crippen molar-refractivity contribution in [2.24, 2.45) is 0 Å². The summed E-state index contributed by atoms with van der Waals surface area (Å²) in [5.41, 5.74) is 3.09. The fourth-order valence-corrected chi connectivity index (χ4v) is 3.65. The number of hydrogen-bond acceptors (Lipinski definition) is 5. The number of halogens is 1. The summed E-state index contributed by atoms with van der Waals surface area (Å²) in [4.78, 5) is 30.2. The van der Waals surface area contributed by atoms with Gasteiger partial charge in [-0.15, -0.1) is 0 Å². The number of carbonyl (C=O) groups excluding carboxylic acids is 2. The van der Waals surface area contributed by atoms with Gasteiger partial charge < -0.3 is 15.0 Å². The van der Waals surface area contributed by atoms with Crippen molar-refractivity contribution in [3.8, 4) is 5.75 Å². The summed E-state index contributed by atoms with van der Waals surface area (Å²) in [6.45, 7) is 0. The van der Waals surface area contributed by atoms with Gasteiger partial charge in [0.1, 0.15) is 11.4 Å². The summed E-state index contributed by atoms with van der Waals surface area (Å²) in [6.07, 6.45) is 0. The molecule has 4 rings (SSSR count). The number of ether oxygens (including phenoxy) is 1. The van der Waals surface area contributed by atoms with Crippen molar-refractivity contribution in [3.05, 3.63) is 89.1 Å². The van der Waals surface area contributed by atoms with Crippen LogP contribution in [0.4, 0.5) is 17.1 Å². The normalized spacial score (nSPS) is 13.6. The van der Waals surface area contributed by atoms with Gasteiger partial charge >= 0.3 is 0 Å². The highest BCUT2D eigenvalue weighted by molar-refractivity contribution is 6.46. The highest BCUT2D eigenvalue weighted by Crippen LogP contribution is 2.35. The first-order valence-corrected chi connectivity index (χ1v) is 10.3. The minimum Gasteiger partial charge on any atom is -0.497 e. The van der Waals surface area contributed by atoms with Crippen molar-refractivity contribution >= 4 is 46.1 Å². The molecule has 0 saturated heterocycles. The van der Waals surface area contributed by atoms with Gasteiger partial charge in [0.05, 0.1) is 18.4 Å². The Morgan fingerprint density at radius 1 is 0.906 bits per heavy atom. The molecule has 0 aromatic heterocycles. The lowest BCUT2D eigenvalue weighted by atomic mass is 10.0. The fraction of sp³-hybridized carbons (Fsp3) is 0.120. The average Bonchev–Trinajstić information content (AvgIpc) is 3.04. The number of hydrogen-bond donors (Lipinski definition) is 1.